The lowest BCUT2D eigenvalue weighted by Crippen LogP contribution is -2.30. The lowest BCUT2D eigenvalue weighted by atomic mass is 10.0. The molecule has 2 saturated heterocycles. The number of hydrogen-bond donors (Lipinski definition) is 1. The van der Waals surface area contributed by atoms with Crippen molar-refractivity contribution in [3.8, 4) is 0 Å². The number of hydrogen-bond acceptors (Lipinski definition) is 3. The third-order valence-electron chi connectivity index (χ3n) is 4.06. The largest absolute Gasteiger partial charge is 0.481 e. The second-order valence-electron chi connectivity index (χ2n) is 5.62. The molecule has 2 unspecified atom stereocenters. The molecule has 0 radical (unpaired) electrons. The lowest BCUT2D eigenvalue weighted by Gasteiger charge is -2.23. The lowest BCUT2D eigenvalue weighted by molar-refractivity contribution is -0.138. The Labute approximate surface area is 113 Å². The van der Waals surface area contributed by atoms with Gasteiger partial charge in [0.25, 0.3) is 0 Å². The molecule has 2 rings (SSSR count). The Balaban J connectivity index is 1.67. The zero-order valence-electron chi connectivity index (χ0n) is 11.3. The molecule has 2 heterocycles. The molecular formula is C14H23NO4. The van der Waals surface area contributed by atoms with E-state index in [9.17, 15) is 9.59 Å². The predicted molar refractivity (Wildman–Crippen MR) is 69.8 cm³/mol. The molecule has 108 valence electrons. The molecule has 2 atom stereocenters. The second kappa shape index (κ2) is 6.89. The Morgan fingerprint density at radius 2 is 2.11 bits per heavy atom. The maximum absolute atomic E-state index is 12.0. The molecule has 1 N–H and O–H groups in total. The summed E-state index contributed by atoms with van der Waals surface area (Å²) in [6.45, 7) is 2.14. The second-order valence-corrected chi connectivity index (χ2v) is 5.62. The molecule has 0 aromatic rings. The van der Waals surface area contributed by atoms with Crippen LogP contribution in [0.1, 0.15) is 44.9 Å². The summed E-state index contributed by atoms with van der Waals surface area (Å²) in [6.07, 6.45) is 5.97. The van der Waals surface area contributed by atoms with Gasteiger partial charge in [0.2, 0.25) is 5.91 Å². The number of carboxylic acid groups (broad SMARTS) is 1. The van der Waals surface area contributed by atoms with E-state index in [1.54, 1.807) is 0 Å². The molecule has 5 heteroatoms. The van der Waals surface area contributed by atoms with Crippen LogP contribution in [0.5, 0.6) is 0 Å². The minimum Gasteiger partial charge on any atom is -0.481 e. The number of ether oxygens (including phenoxy) is 1. The highest BCUT2D eigenvalue weighted by Crippen LogP contribution is 2.22. The number of aliphatic carboxylic acids is 1. The standard InChI is InChI=1S/C14H23NO4/c16-13(5-4-12-3-1-2-8-19-12)15-7-6-11(10-15)9-14(17)18/h11-12H,1-10H2,(H,17,18). The molecule has 5 nitrogen and oxygen atoms in total. The van der Waals surface area contributed by atoms with Gasteiger partial charge in [-0.15, -0.1) is 0 Å². The summed E-state index contributed by atoms with van der Waals surface area (Å²) in [4.78, 5) is 24.5. The van der Waals surface area contributed by atoms with E-state index in [-0.39, 0.29) is 24.3 Å². The molecule has 2 aliphatic heterocycles. The van der Waals surface area contributed by atoms with E-state index in [4.69, 9.17) is 9.84 Å². The van der Waals surface area contributed by atoms with Gasteiger partial charge in [-0.2, -0.15) is 0 Å². The molecule has 1 amide bonds. The van der Waals surface area contributed by atoms with Gasteiger partial charge < -0.3 is 14.7 Å². The van der Waals surface area contributed by atoms with Crippen molar-refractivity contribution in [1.82, 2.24) is 4.90 Å². The van der Waals surface area contributed by atoms with Crippen molar-refractivity contribution in [1.29, 1.82) is 0 Å². The smallest absolute Gasteiger partial charge is 0.303 e. The van der Waals surface area contributed by atoms with E-state index in [0.717, 1.165) is 32.3 Å². The first kappa shape index (κ1) is 14.3. The van der Waals surface area contributed by atoms with Crippen molar-refractivity contribution in [3.63, 3.8) is 0 Å². The normalized spacial score (nSPS) is 27.5. The van der Waals surface area contributed by atoms with Crippen LogP contribution in [0.3, 0.4) is 0 Å². The summed E-state index contributed by atoms with van der Waals surface area (Å²) in [5.74, 6) is -0.482. The third-order valence-corrected chi connectivity index (χ3v) is 4.06. The van der Waals surface area contributed by atoms with Gasteiger partial charge in [0.05, 0.1) is 6.10 Å². The molecular weight excluding hydrogens is 246 g/mol. The van der Waals surface area contributed by atoms with Gasteiger partial charge in [-0.3, -0.25) is 9.59 Å². The fraction of sp³-hybridized carbons (Fsp3) is 0.857. The van der Waals surface area contributed by atoms with Crippen molar-refractivity contribution in [2.24, 2.45) is 5.92 Å². The van der Waals surface area contributed by atoms with Crippen molar-refractivity contribution >= 4 is 11.9 Å². The van der Waals surface area contributed by atoms with E-state index in [1.165, 1.54) is 6.42 Å². The average Bonchev–Trinajstić information content (AvgIpc) is 2.85. The zero-order chi connectivity index (χ0) is 13.7. The first-order chi connectivity index (χ1) is 9.15. The minimum atomic E-state index is -0.769. The summed E-state index contributed by atoms with van der Waals surface area (Å²) >= 11 is 0. The number of carbonyl (C=O) groups is 2. The monoisotopic (exact) mass is 269 g/mol. The van der Waals surface area contributed by atoms with Crippen LogP contribution in [0.15, 0.2) is 0 Å². The van der Waals surface area contributed by atoms with Crippen LogP contribution in [0.4, 0.5) is 0 Å². The maximum atomic E-state index is 12.0. The van der Waals surface area contributed by atoms with E-state index in [2.05, 4.69) is 0 Å². The SMILES string of the molecule is O=C(O)CC1CCN(C(=O)CCC2CCCCO2)C1. The quantitative estimate of drug-likeness (QED) is 0.824. The van der Waals surface area contributed by atoms with Crippen LogP contribution >= 0.6 is 0 Å². The average molecular weight is 269 g/mol. The summed E-state index contributed by atoms with van der Waals surface area (Å²) in [5.41, 5.74) is 0. The van der Waals surface area contributed by atoms with Crippen LogP contribution in [0.25, 0.3) is 0 Å². The Bertz CT molecular complexity index is 325. The Morgan fingerprint density at radius 3 is 2.79 bits per heavy atom. The summed E-state index contributed by atoms with van der Waals surface area (Å²) in [7, 11) is 0. The molecule has 0 aromatic carbocycles. The highest BCUT2D eigenvalue weighted by Gasteiger charge is 2.28. The first-order valence-corrected chi connectivity index (χ1v) is 7.26. The maximum Gasteiger partial charge on any atom is 0.303 e. The molecule has 0 spiro atoms. The summed E-state index contributed by atoms with van der Waals surface area (Å²) in [5, 5.41) is 8.75. The van der Waals surface area contributed by atoms with Gasteiger partial charge in [-0.05, 0) is 38.0 Å². The van der Waals surface area contributed by atoms with Crippen molar-refractivity contribution in [3.05, 3.63) is 0 Å². The van der Waals surface area contributed by atoms with Crippen molar-refractivity contribution < 1.29 is 19.4 Å². The third kappa shape index (κ3) is 4.49. The van der Waals surface area contributed by atoms with Gasteiger partial charge >= 0.3 is 5.97 Å². The topological polar surface area (TPSA) is 66.8 Å². The van der Waals surface area contributed by atoms with Crippen LogP contribution in [-0.4, -0.2) is 47.7 Å². The van der Waals surface area contributed by atoms with E-state index >= 15 is 0 Å². The Hall–Kier alpha value is -1.10. The van der Waals surface area contributed by atoms with Gasteiger partial charge in [-0.25, -0.2) is 0 Å². The number of carboxylic acids is 1. The molecule has 0 aromatic heterocycles. The van der Waals surface area contributed by atoms with Crippen molar-refractivity contribution in [2.75, 3.05) is 19.7 Å². The van der Waals surface area contributed by atoms with Crippen LogP contribution in [-0.2, 0) is 14.3 Å². The van der Waals surface area contributed by atoms with Gasteiger partial charge in [-0.1, -0.05) is 0 Å². The number of carbonyl (C=O) groups excluding carboxylic acids is 1. The van der Waals surface area contributed by atoms with Crippen LogP contribution in [0, 0.1) is 5.92 Å². The summed E-state index contributed by atoms with van der Waals surface area (Å²) in [6, 6.07) is 0. The number of nitrogens with zero attached hydrogens (tertiary/aromatic N) is 1. The zero-order valence-corrected chi connectivity index (χ0v) is 11.3. The van der Waals surface area contributed by atoms with E-state index in [1.807, 2.05) is 4.90 Å². The minimum absolute atomic E-state index is 0.132. The van der Waals surface area contributed by atoms with Crippen LogP contribution < -0.4 is 0 Å². The number of rotatable bonds is 5. The Kier molecular flexibility index (Phi) is 5.19. The first-order valence-electron chi connectivity index (χ1n) is 7.26. The summed E-state index contributed by atoms with van der Waals surface area (Å²) < 4.78 is 5.62. The molecule has 0 saturated carbocycles. The molecule has 0 bridgehead atoms. The van der Waals surface area contributed by atoms with Crippen molar-refractivity contribution in [2.45, 2.75) is 51.0 Å². The van der Waals surface area contributed by atoms with E-state index < -0.39 is 5.97 Å². The van der Waals surface area contributed by atoms with Gasteiger partial charge in [0.1, 0.15) is 0 Å². The van der Waals surface area contributed by atoms with Crippen LogP contribution in [0.2, 0.25) is 0 Å². The molecule has 0 aliphatic carbocycles. The van der Waals surface area contributed by atoms with Gasteiger partial charge in [0, 0.05) is 32.5 Å². The predicted octanol–water partition coefficient (Wildman–Crippen LogP) is 1.66. The fourth-order valence-electron chi connectivity index (χ4n) is 2.95. The van der Waals surface area contributed by atoms with Gasteiger partial charge in [0.15, 0.2) is 0 Å². The fourth-order valence-corrected chi connectivity index (χ4v) is 2.95. The molecule has 19 heavy (non-hydrogen) atoms. The highest BCUT2D eigenvalue weighted by molar-refractivity contribution is 5.76. The number of amides is 1. The highest BCUT2D eigenvalue weighted by atomic mass is 16.5. The molecule has 2 aliphatic rings. The Morgan fingerprint density at radius 1 is 1.26 bits per heavy atom. The molecule has 2 fully saturated rings. The number of likely N-dealkylation sites (tertiary alicyclic amines) is 1. The van der Waals surface area contributed by atoms with E-state index in [0.29, 0.717) is 19.5 Å².